The van der Waals surface area contributed by atoms with E-state index in [0.29, 0.717) is 6.54 Å². The van der Waals surface area contributed by atoms with Crippen molar-refractivity contribution in [3.63, 3.8) is 0 Å². The highest BCUT2D eigenvalue weighted by Crippen LogP contribution is 2.30. The standard InChI is InChI=1S/C32H36N2O3.C2H5NO2.CH4/c1-33(2)29-19-17-27(18-20-29)26-15-12-25(13-16-26)23-34(32(36)28-9-5-4-6-10-28)30-11-7-8-24(22-30)14-21-31(35)37-3;1-5-2(3)4;/h7-8,11-22,28H,4-6,9-10,23H2,1-3H3;1H3,(H2,3,4);1H4/b21-14+;;. The highest BCUT2D eigenvalue weighted by molar-refractivity contribution is 5.95. The molecule has 4 rings (SSSR count). The predicted octanol–water partition coefficient (Wildman–Crippen LogP) is 7.07. The first-order valence-corrected chi connectivity index (χ1v) is 14.1. The van der Waals surface area contributed by atoms with E-state index < -0.39 is 12.1 Å². The molecule has 1 fully saturated rings. The molecular weight excluding hydrogens is 542 g/mol. The maximum Gasteiger partial charge on any atom is 0.404 e. The first kappa shape index (κ1) is 34.6. The van der Waals surface area contributed by atoms with Gasteiger partial charge < -0.3 is 25.0 Å². The Hall–Kier alpha value is -4.59. The second kappa shape index (κ2) is 17.4. The van der Waals surface area contributed by atoms with Crippen molar-refractivity contribution in [1.82, 2.24) is 0 Å². The van der Waals surface area contributed by atoms with Crippen LogP contribution in [0.4, 0.5) is 16.2 Å². The minimum atomic E-state index is -0.745. The van der Waals surface area contributed by atoms with E-state index in [1.807, 2.05) is 43.3 Å². The van der Waals surface area contributed by atoms with E-state index in [1.165, 1.54) is 32.4 Å². The number of benzene rings is 3. The van der Waals surface area contributed by atoms with Gasteiger partial charge in [0.1, 0.15) is 0 Å². The Morgan fingerprint density at radius 1 is 0.837 bits per heavy atom. The Bertz CT molecular complexity index is 1340. The van der Waals surface area contributed by atoms with Gasteiger partial charge in [-0.3, -0.25) is 4.79 Å². The zero-order chi connectivity index (χ0) is 30.5. The molecule has 0 atom stereocenters. The zero-order valence-corrected chi connectivity index (χ0v) is 24.9. The van der Waals surface area contributed by atoms with Gasteiger partial charge in [0.05, 0.1) is 20.8 Å². The fourth-order valence-electron chi connectivity index (χ4n) is 4.83. The van der Waals surface area contributed by atoms with Crippen LogP contribution in [0.5, 0.6) is 0 Å². The average molecular weight is 588 g/mol. The van der Waals surface area contributed by atoms with Crippen LogP contribution in [-0.4, -0.2) is 46.3 Å². The van der Waals surface area contributed by atoms with Crippen molar-refractivity contribution in [2.24, 2.45) is 11.7 Å². The van der Waals surface area contributed by atoms with Crippen molar-refractivity contribution < 1.29 is 23.9 Å². The third kappa shape index (κ3) is 10.6. The van der Waals surface area contributed by atoms with E-state index in [2.05, 4.69) is 63.9 Å². The maximum atomic E-state index is 13.7. The highest BCUT2D eigenvalue weighted by atomic mass is 16.5. The molecule has 2 amide bonds. The Morgan fingerprint density at radius 3 is 1.95 bits per heavy atom. The fourth-order valence-corrected chi connectivity index (χ4v) is 4.83. The number of carbonyl (C=O) groups excluding carboxylic acids is 3. The Morgan fingerprint density at radius 2 is 1.42 bits per heavy atom. The van der Waals surface area contributed by atoms with E-state index in [4.69, 9.17) is 4.74 Å². The summed E-state index contributed by atoms with van der Waals surface area (Å²) < 4.78 is 8.60. The van der Waals surface area contributed by atoms with Crippen LogP contribution in [0.1, 0.15) is 50.7 Å². The molecule has 8 heteroatoms. The van der Waals surface area contributed by atoms with Gasteiger partial charge in [0.2, 0.25) is 5.91 Å². The summed E-state index contributed by atoms with van der Waals surface area (Å²) in [7, 11) is 6.66. The summed E-state index contributed by atoms with van der Waals surface area (Å²) in [6, 6.07) is 24.7. The quantitative estimate of drug-likeness (QED) is 0.223. The molecular formula is C35H45N3O5. The third-order valence-corrected chi connectivity index (χ3v) is 7.23. The van der Waals surface area contributed by atoms with E-state index in [1.54, 1.807) is 6.08 Å². The molecule has 0 heterocycles. The first-order valence-electron chi connectivity index (χ1n) is 14.1. The van der Waals surface area contributed by atoms with Crippen LogP contribution in [0.15, 0.2) is 78.9 Å². The molecule has 2 N–H and O–H groups in total. The lowest BCUT2D eigenvalue weighted by Crippen LogP contribution is -2.36. The maximum absolute atomic E-state index is 13.7. The van der Waals surface area contributed by atoms with Crippen LogP contribution in [0.2, 0.25) is 0 Å². The van der Waals surface area contributed by atoms with Crippen molar-refractivity contribution in [3.8, 4) is 11.1 Å². The number of hydrogen-bond acceptors (Lipinski definition) is 6. The molecule has 0 spiro atoms. The lowest BCUT2D eigenvalue weighted by atomic mass is 9.88. The average Bonchev–Trinajstić information content (AvgIpc) is 3.03. The lowest BCUT2D eigenvalue weighted by molar-refractivity contribution is -0.134. The number of methoxy groups -OCH3 is 2. The molecule has 0 saturated heterocycles. The van der Waals surface area contributed by atoms with Crippen LogP contribution in [0.25, 0.3) is 17.2 Å². The normalized spacial score (nSPS) is 12.7. The molecule has 3 aromatic rings. The fraction of sp³-hybridized carbons (Fsp3) is 0.343. The summed E-state index contributed by atoms with van der Waals surface area (Å²) in [5, 5.41) is 0. The van der Waals surface area contributed by atoms with Gasteiger partial charge in [-0.15, -0.1) is 0 Å². The summed E-state index contributed by atoms with van der Waals surface area (Å²) in [5.74, 6) is -0.174. The SMILES string of the molecule is C.COC(=O)/C=C/c1cccc(N(Cc2ccc(-c3ccc(N(C)C)cc3)cc2)C(=O)C2CCCCC2)c1.COC(N)=O. The Kier molecular flexibility index (Phi) is 14.0. The lowest BCUT2D eigenvalue weighted by Gasteiger charge is -2.30. The molecule has 0 aliphatic heterocycles. The number of anilines is 2. The van der Waals surface area contributed by atoms with E-state index in [0.717, 1.165) is 53.6 Å². The van der Waals surface area contributed by atoms with Crippen LogP contribution in [0.3, 0.4) is 0 Å². The van der Waals surface area contributed by atoms with Gasteiger partial charge >= 0.3 is 12.1 Å². The zero-order valence-electron chi connectivity index (χ0n) is 24.9. The van der Waals surface area contributed by atoms with Gasteiger partial charge in [-0.05, 0) is 65.4 Å². The summed E-state index contributed by atoms with van der Waals surface area (Å²) in [5.41, 5.74) is 10.7. The second-order valence-corrected chi connectivity index (χ2v) is 10.4. The molecule has 0 bridgehead atoms. The van der Waals surface area contributed by atoms with Crippen molar-refractivity contribution in [2.75, 3.05) is 38.1 Å². The minimum Gasteiger partial charge on any atom is -0.466 e. The summed E-state index contributed by atoms with van der Waals surface area (Å²) in [6.45, 7) is 0.499. The van der Waals surface area contributed by atoms with Gasteiger partial charge in [-0.1, -0.05) is 75.2 Å². The molecule has 0 radical (unpaired) electrons. The molecule has 1 aliphatic rings. The molecule has 230 valence electrons. The topological polar surface area (TPSA) is 102 Å². The number of hydrogen-bond donors (Lipinski definition) is 1. The minimum absolute atomic E-state index is 0. The number of amides is 2. The van der Waals surface area contributed by atoms with Crippen LogP contribution in [0, 0.1) is 5.92 Å². The number of rotatable bonds is 8. The smallest absolute Gasteiger partial charge is 0.404 e. The number of esters is 1. The van der Waals surface area contributed by atoms with Crippen molar-refractivity contribution in [1.29, 1.82) is 0 Å². The number of ether oxygens (including phenoxy) is 2. The largest absolute Gasteiger partial charge is 0.466 e. The summed E-state index contributed by atoms with van der Waals surface area (Å²) >= 11 is 0. The monoisotopic (exact) mass is 587 g/mol. The number of nitrogens with two attached hydrogens (primary N) is 1. The Labute approximate surface area is 256 Å². The molecule has 0 unspecified atom stereocenters. The van der Waals surface area contributed by atoms with E-state index in [9.17, 15) is 14.4 Å². The predicted molar refractivity (Wildman–Crippen MR) is 175 cm³/mol. The molecule has 1 saturated carbocycles. The van der Waals surface area contributed by atoms with Crippen molar-refractivity contribution >= 4 is 35.4 Å². The van der Waals surface area contributed by atoms with Gasteiger partial charge in [0.25, 0.3) is 0 Å². The van der Waals surface area contributed by atoms with Crippen molar-refractivity contribution in [2.45, 2.75) is 46.1 Å². The number of nitrogens with zero attached hydrogens (tertiary/aromatic N) is 2. The van der Waals surface area contributed by atoms with Gasteiger partial charge in [0, 0.05) is 37.5 Å². The second-order valence-electron chi connectivity index (χ2n) is 10.4. The van der Waals surface area contributed by atoms with Gasteiger partial charge in [-0.25, -0.2) is 9.59 Å². The summed E-state index contributed by atoms with van der Waals surface area (Å²) in [6.07, 6.45) is 7.67. The molecule has 0 aromatic heterocycles. The van der Waals surface area contributed by atoms with Crippen molar-refractivity contribution in [3.05, 3.63) is 90.0 Å². The molecule has 43 heavy (non-hydrogen) atoms. The molecule has 1 aliphatic carbocycles. The first-order chi connectivity index (χ1) is 20.2. The van der Waals surface area contributed by atoms with E-state index in [-0.39, 0.29) is 19.3 Å². The number of primary amides is 1. The third-order valence-electron chi connectivity index (χ3n) is 7.23. The molecule has 3 aromatic carbocycles. The highest BCUT2D eigenvalue weighted by Gasteiger charge is 2.27. The van der Waals surface area contributed by atoms with Crippen LogP contribution in [-0.2, 0) is 25.6 Å². The summed E-state index contributed by atoms with van der Waals surface area (Å²) in [4.78, 5) is 38.7. The molecule has 8 nitrogen and oxygen atoms in total. The van der Waals surface area contributed by atoms with Gasteiger partial charge in [0.15, 0.2) is 0 Å². The Balaban J connectivity index is 0.000000993. The van der Waals surface area contributed by atoms with Gasteiger partial charge in [-0.2, -0.15) is 0 Å². The van der Waals surface area contributed by atoms with E-state index >= 15 is 0 Å². The van der Waals surface area contributed by atoms with Crippen LogP contribution >= 0.6 is 0 Å². The van der Waals surface area contributed by atoms with Crippen LogP contribution < -0.4 is 15.5 Å². The number of carbonyl (C=O) groups is 3.